The summed E-state index contributed by atoms with van der Waals surface area (Å²) < 4.78 is 10.3. The topological polar surface area (TPSA) is 78.2 Å². The molecule has 0 saturated heterocycles. The van der Waals surface area contributed by atoms with Gasteiger partial charge in [0.1, 0.15) is 0 Å². The fourth-order valence-corrected chi connectivity index (χ4v) is 2.45. The molecular formula is C12H12BrN3O3S. The van der Waals surface area contributed by atoms with Crippen molar-refractivity contribution in [3.63, 3.8) is 0 Å². The lowest BCUT2D eigenvalue weighted by Gasteiger charge is -2.11. The smallest absolute Gasteiger partial charge is 0.312 e. The van der Waals surface area contributed by atoms with Crippen molar-refractivity contribution in [1.82, 2.24) is 9.36 Å². The van der Waals surface area contributed by atoms with Crippen LogP contribution in [-0.2, 0) is 5.41 Å². The maximum atomic E-state index is 11.0. The van der Waals surface area contributed by atoms with Crippen LogP contribution >= 0.6 is 27.5 Å². The molecule has 0 unspecified atom stereocenters. The zero-order chi connectivity index (χ0) is 14.9. The highest BCUT2D eigenvalue weighted by Crippen LogP contribution is 2.35. The fourth-order valence-electron chi connectivity index (χ4n) is 1.37. The largest absolute Gasteiger partial charge is 0.422 e. The van der Waals surface area contributed by atoms with E-state index in [0.29, 0.717) is 15.5 Å². The predicted octanol–water partition coefficient (Wildman–Crippen LogP) is 4.30. The second-order valence-electron chi connectivity index (χ2n) is 5.11. The van der Waals surface area contributed by atoms with Gasteiger partial charge in [-0.05, 0) is 12.1 Å². The lowest BCUT2D eigenvalue weighted by molar-refractivity contribution is -0.385. The first-order chi connectivity index (χ1) is 9.27. The first-order valence-electron chi connectivity index (χ1n) is 5.73. The van der Waals surface area contributed by atoms with Gasteiger partial charge in [0, 0.05) is 27.5 Å². The molecule has 106 valence electrons. The number of nitro groups is 1. The van der Waals surface area contributed by atoms with Crippen LogP contribution in [-0.4, -0.2) is 14.3 Å². The highest BCUT2D eigenvalue weighted by molar-refractivity contribution is 9.10. The van der Waals surface area contributed by atoms with Crippen molar-refractivity contribution < 1.29 is 9.66 Å². The Morgan fingerprint density at radius 1 is 1.40 bits per heavy atom. The summed E-state index contributed by atoms with van der Waals surface area (Å²) in [6.45, 7) is 5.96. The number of benzene rings is 1. The molecule has 0 spiro atoms. The summed E-state index contributed by atoms with van der Waals surface area (Å²) in [4.78, 5) is 14.8. The molecule has 0 fully saturated rings. The van der Waals surface area contributed by atoms with Crippen molar-refractivity contribution in [3.8, 4) is 10.9 Å². The predicted molar refractivity (Wildman–Crippen MR) is 79.5 cm³/mol. The van der Waals surface area contributed by atoms with Crippen LogP contribution in [0.15, 0.2) is 22.7 Å². The number of hydrogen-bond donors (Lipinski definition) is 0. The van der Waals surface area contributed by atoms with Gasteiger partial charge < -0.3 is 4.74 Å². The van der Waals surface area contributed by atoms with E-state index in [2.05, 4.69) is 25.3 Å². The Balaban J connectivity index is 2.31. The van der Waals surface area contributed by atoms with Crippen LogP contribution in [0, 0.1) is 10.1 Å². The molecule has 0 radical (unpaired) electrons. The molecule has 20 heavy (non-hydrogen) atoms. The highest BCUT2D eigenvalue weighted by atomic mass is 79.9. The van der Waals surface area contributed by atoms with Crippen molar-refractivity contribution in [1.29, 1.82) is 0 Å². The average molecular weight is 358 g/mol. The highest BCUT2D eigenvalue weighted by Gasteiger charge is 2.22. The SMILES string of the molecule is CC(C)(C)c1nsc(Oc2ccc(Br)cc2[N+](=O)[O-])n1. The third kappa shape index (κ3) is 3.31. The van der Waals surface area contributed by atoms with E-state index in [1.165, 1.54) is 12.1 Å². The van der Waals surface area contributed by atoms with Gasteiger partial charge in [-0.3, -0.25) is 10.1 Å². The fraction of sp³-hybridized carbons (Fsp3) is 0.333. The summed E-state index contributed by atoms with van der Waals surface area (Å²) >= 11 is 4.27. The van der Waals surface area contributed by atoms with E-state index in [-0.39, 0.29) is 16.9 Å². The summed E-state index contributed by atoms with van der Waals surface area (Å²) in [6, 6.07) is 4.59. The summed E-state index contributed by atoms with van der Waals surface area (Å²) in [7, 11) is 0. The standard InChI is InChI=1S/C12H12BrN3O3S/c1-12(2,3)10-14-11(20-15-10)19-9-5-4-7(13)6-8(9)16(17)18/h4-6H,1-3H3. The Morgan fingerprint density at radius 3 is 2.65 bits per heavy atom. The van der Waals surface area contributed by atoms with E-state index >= 15 is 0 Å². The van der Waals surface area contributed by atoms with Crippen molar-refractivity contribution in [2.75, 3.05) is 0 Å². The van der Waals surface area contributed by atoms with Crippen LogP contribution in [0.25, 0.3) is 0 Å². The van der Waals surface area contributed by atoms with Crippen LogP contribution in [0.2, 0.25) is 0 Å². The van der Waals surface area contributed by atoms with Gasteiger partial charge in [-0.25, -0.2) is 0 Å². The molecule has 0 amide bonds. The molecule has 6 nitrogen and oxygen atoms in total. The van der Waals surface area contributed by atoms with Gasteiger partial charge in [0.05, 0.1) is 4.92 Å². The second kappa shape index (κ2) is 5.45. The van der Waals surface area contributed by atoms with E-state index in [4.69, 9.17) is 4.74 Å². The monoisotopic (exact) mass is 357 g/mol. The third-order valence-corrected chi connectivity index (χ3v) is 3.48. The Hall–Kier alpha value is -1.54. The Morgan fingerprint density at radius 2 is 2.10 bits per heavy atom. The van der Waals surface area contributed by atoms with Gasteiger partial charge in [-0.1, -0.05) is 36.7 Å². The van der Waals surface area contributed by atoms with E-state index < -0.39 is 4.92 Å². The maximum absolute atomic E-state index is 11.0. The lowest BCUT2D eigenvalue weighted by Crippen LogP contribution is -2.12. The van der Waals surface area contributed by atoms with Gasteiger partial charge in [-0.15, -0.1) is 0 Å². The number of halogens is 1. The molecule has 0 aliphatic rings. The first-order valence-corrected chi connectivity index (χ1v) is 7.30. The molecule has 0 atom stereocenters. The van der Waals surface area contributed by atoms with Crippen LogP contribution in [0.3, 0.4) is 0 Å². The molecule has 2 rings (SSSR count). The van der Waals surface area contributed by atoms with Gasteiger partial charge in [0.2, 0.25) is 5.75 Å². The number of hydrogen-bond acceptors (Lipinski definition) is 6. The maximum Gasteiger partial charge on any atom is 0.312 e. The average Bonchev–Trinajstić information content (AvgIpc) is 2.79. The summed E-state index contributed by atoms with van der Waals surface area (Å²) in [5.74, 6) is 0.798. The number of ether oxygens (including phenoxy) is 1. The molecule has 0 aliphatic carbocycles. The minimum Gasteiger partial charge on any atom is -0.422 e. The zero-order valence-electron chi connectivity index (χ0n) is 11.1. The van der Waals surface area contributed by atoms with Gasteiger partial charge in [0.25, 0.3) is 5.19 Å². The van der Waals surface area contributed by atoms with Crippen LogP contribution in [0.1, 0.15) is 26.6 Å². The molecule has 0 aliphatic heterocycles. The van der Waals surface area contributed by atoms with Crippen LogP contribution in [0.5, 0.6) is 10.9 Å². The quantitative estimate of drug-likeness (QED) is 0.604. The lowest BCUT2D eigenvalue weighted by atomic mass is 9.96. The Kier molecular flexibility index (Phi) is 4.05. The number of nitrogens with zero attached hydrogens (tertiary/aromatic N) is 3. The zero-order valence-corrected chi connectivity index (χ0v) is 13.5. The molecule has 0 saturated carbocycles. The molecule has 2 aromatic rings. The molecule has 8 heteroatoms. The second-order valence-corrected chi connectivity index (χ2v) is 6.74. The molecule has 0 bridgehead atoms. The molecule has 1 heterocycles. The van der Waals surface area contributed by atoms with Crippen LogP contribution in [0.4, 0.5) is 5.69 Å². The third-order valence-electron chi connectivity index (χ3n) is 2.39. The van der Waals surface area contributed by atoms with Crippen molar-refractivity contribution in [2.45, 2.75) is 26.2 Å². The summed E-state index contributed by atoms with van der Waals surface area (Å²) in [6.07, 6.45) is 0. The summed E-state index contributed by atoms with van der Waals surface area (Å²) in [5.41, 5.74) is -0.309. The Bertz CT molecular complexity index is 652. The van der Waals surface area contributed by atoms with Crippen LogP contribution < -0.4 is 4.74 Å². The minimum absolute atomic E-state index is 0.119. The first kappa shape index (κ1) is 14.9. The normalized spacial score (nSPS) is 11.4. The number of aromatic nitrogens is 2. The minimum atomic E-state index is -0.494. The van der Waals surface area contributed by atoms with Gasteiger partial charge in [0.15, 0.2) is 5.82 Å². The Labute approximate surface area is 128 Å². The molecule has 1 aromatic heterocycles. The molecule has 0 N–H and O–H groups in total. The van der Waals surface area contributed by atoms with E-state index in [1.807, 2.05) is 20.8 Å². The van der Waals surface area contributed by atoms with E-state index in [0.717, 1.165) is 11.5 Å². The van der Waals surface area contributed by atoms with Crippen molar-refractivity contribution in [3.05, 3.63) is 38.6 Å². The van der Waals surface area contributed by atoms with Gasteiger partial charge in [-0.2, -0.15) is 9.36 Å². The van der Waals surface area contributed by atoms with E-state index in [9.17, 15) is 10.1 Å². The molecule has 1 aromatic carbocycles. The number of rotatable bonds is 3. The van der Waals surface area contributed by atoms with Crippen molar-refractivity contribution in [2.24, 2.45) is 0 Å². The van der Waals surface area contributed by atoms with E-state index in [1.54, 1.807) is 6.07 Å². The summed E-state index contributed by atoms with van der Waals surface area (Å²) in [5, 5.41) is 11.3. The number of nitro benzene ring substituents is 1. The van der Waals surface area contributed by atoms with Gasteiger partial charge >= 0.3 is 5.69 Å². The van der Waals surface area contributed by atoms with Crippen molar-refractivity contribution >= 4 is 33.1 Å². The molecular weight excluding hydrogens is 346 g/mol.